The van der Waals surface area contributed by atoms with E-state index in [9.17, 15) is 9.18 Å². The Labute approximate surface area is 185 Å². The monoisotopic (exact) mass is 427 g/mol. The van der Waals surface area contributed by atoms with Crippen LogP contribution in [-0.2, 0) is 4.79 Å². The highest BCUT2D eigenvalue weighted by atomic mass is 19.1. The van der Waals surface area contributed by atoms with E-state index in [4.69, 9.17) is 0 Å². The molecule has 1 aliphatic heterocycles. The molecule has 6 heteroatoms. The van der Waals surface area contributed by atoms with Gasteiger partial charge in [0.05, 0.1) is 32.7 Å². The van der Waals surface area contributed by atoms with Crippen molar-refractivity contribution in [3.8, 4) is 0 Å². The Kier molecular flexibility index (Phi) is 8.29. The minimum atomic E-state index is -0.201. The van der Waals surface area contributed by atoms with Crippen LogP contribution in [0.1, 0.15) is 37.8 Å². The summed E-state index contributed by atoms with van der Waals surface area (Å²) in [5.41, 5.74) is 3.50. The number of carbonyl (C=O) groups excluding carboxylic acids is 1. The first-order valence-corrected chi connectivity index (χ1v) is 11.4. The van der Waals surface area contributed by atoms with Crippen LogP contribution in [0.3, 0.4) is 0 Å². The van der Waals surface area contributed by atoms with E-state index in [-0.39, 0.29) is 17.8 Å². The summed E-state index contributed by atoms with van der Waals surface area (Å²) < 4.78 is 13.3. The lowest BCUT2D eigenvalue weighted by Gasteiger charge is -2.38. The molecule has 2 aromatic carbocycles. The molecule has 3 rings (SSSR count). The topological polar surface area (TPSA) is 40.0 Å². The Hall–Kier alpha value is -2.60. The summed E-state index contributed by atoms with van der Waals surface area (Å²) >= 11 is 0. The van der Waals surface area contributed by atoms with Crippen LogP contribution in [0.2, 0.25) is 0 Å². The van der Waals surface area contributed by atoms with Crippen LogP contribution < -0.4 is 20.0 Å². The molecule has 168 valence electrons. The molecule has 0 radical (unpaired) electrons. The number of hydrogen-bond donors (Lipinski definition) is 2. The number of carbonyl (C=O) groups is 1. The molecule has 0 spiro atoms. The average Bonchev–Trinajstić information content (AvgIpc) is 2.79. The molecule has 2 aromatic rings. The van der Waals surface area contributed by atoms with Gasteiger partial charge in [0, 0.05) is 37.5 Å². The predicted octanol–water partition coefficient (Wildman–Crippen LogP) is 2.64. The molecule has 0 aliphatic carbocycles. The third-order valence-electron chi connectivity index (χ3n) is 6.16. The van der Waals surface area contributed by atoms with E-state index in [1.165, 1.54) is 28.3 Å². The van der Waals surface area contributed by atoms with Crippen molar-refractivity contribution in [2.45, 2.75) is 32.2 Å². The lowest BCUT2D eigenvalue weighted by atomic mass is 10.0. The van der Waals surface area contributed by atoms with E-state index >= 15 is 0 Å². The van der Waals surface area contributed by atoms with Crippen LogP contribution in [0.15, 0.2) is 48.5 Å². The number of benzene rings is 2. The minimum absolute atomic E-state index is 0.140. The van der Waals surface area contributed by atoms with Crippen molar-refractivity contribution in [3.63, 3.8) is 0 Å². The smallest absolute Gasteiger partial charge is 0.220 e. The average molecular weight is 428 g/mol. The van der Waals surface area contributed by atoms with Gasteiger partial charge < -0.3 is 20.0 Å². The first kappa shape index (κ1) is 23.1. The summed E-state index contributed by atoms with van der Waals surface area (Å²) in [6, 6.07) is 15.7. The molecule has 1 saturated heterocycles. The molecular formula is C25H36FN4O+. The Morgan fingerprint density at radius 3 is 2.32 bits per heavy atom. The molecule has 0 bridgehead atoms. The number of nitrogens with one attached hydrogen (secondary N) is 2. The number of hydrogen-bond acceptors (Lipinski definition) is 3. The van der Waals surface area contributed by atoms with Crippen LogP contribution in [0.25, 0.3) is 0 Å². The van der Waals surface area contributed by atoms with E-state index < -0.39 is 0 Å². The number of rotatable bonds is 9. The first-order chi connectivity index (χ1) is 15.0. The van der Waals surface area contributed by atoms with Crippen LogP contribution >= 0.6 is 0 Å². The molecule has 1 atom stereocenters. The standard InChI is InChI=1S/C25H35FN4O/c1-4-5-6-25(31)27-19-24(20-7-11-22(12-8-20)28(2)3)30-17-15-29(16-18-30)23-13-9-21(26)10-14-23/h7-14,24H,4-6,15-19H2,1-3H3,(H,27,31)/p+1/t24-/m0/s1. The summed E-state index contributed by atoms with van der Waals surface area (Å²) in [6.07, 6.45) is 2.55. The van der Waals surface area contributed by atoms with Crippen molar-refractivity contribution in [1.29, 1.82) is 0 Å². The van der Waals surface area contributed by atoms with Gasteiger partial charge in [0.2, 0.25) is 5.91 Å². The van der Waals surface area contributed by atoms with Gasteiger partial charge in [-0.3, -0.25) is 4.79 Å². The number of piperazine rings is 1. The largest absolute Gasteiger partial charge is 0.378 e. The number of halogens is 1. The van der Waals surface area contributed by atoms with E-state index in [2.05, 4.69) is 46.3 Å². The summed E-state index contributed by atoms with van der Waals surface area (Å²) in [6.45, 7) is 6.53. The highest BCUT2D eigenvalue weighted by molar-refractivity contribution is 5.75. The maximum absolute atomic E-state index is 13.3. The number of quaternary nitrogens is 1. The van der Waals surface area contributed by atoms with Crippen molar-refractivity contribution >= 4 is 17.3 Å². The van der Waals surface area contributed by atoms with Crippen LogP contribution in [0.5, 0.6) is 0 Å². The molecular weight excluding hydrogens is 391 g/mol. The van der Waals surface area contributed by atoms with Gasteiger partial charge in [-0.05, 0) is 42.8 Å². The number of nitrogens with zero attached hydrogens (tertiary/aromatic N) is 2. The molecule has 0 saturated carbocycles. The van der Waals surface area contributed by atoms with Gasteiger partial charge in [-0.1, -0.05) is 25.5 Å². The third kappa shape index (κ3) is 6.44. The van der Waals surface area contributed by atoms with Gasteiger partial charge in [-0.15, -0.1) is 0 Å². The van der Waals surface area contributed by atoms with E-state index in [1.54, 1.807) is 0 Å². The van der Waals surface area contributed by atoms with E-state index in [1.807, 2.05) is 26.2 Å². The third-order valence-corrected chi connectivity index (χ3v) is 6.16. The summed E-state index contributed by atoms with van der Waals surface area (Å²) in [7, 11) is 4.08. The second kappa shape index (κ2) is 11.1. The van der Waals surface area contributed by atoms with Crippen molar-refractivity contribution < 1.29 is 14.1 Å². The van der Waals surface area contributed by atoms with Crippen molar-refractivity contribution in [2.75, 3.05) is 56.6 Å². The highest BCUT2D eigenvalue weighted by Gasteiger charge is 2.29. The summed E-state index contributed by atoms with van der Waals surface area (Å²) in [5, 5.41) is 3.17. The Morgan fingerprint density at radius 1 is 1.10 bits per heavy atom. The molecule has 1 heterocycles. The van der Waals surface area contributed by atoms with Crippen LogP contribution in [0.4, 0.5) is 15.8 Å². The lowest BCUT2D eigenvalue weighted by Crippen LogP contribution is -3.15. The zero-order valence-corrected chi connectivity index (χ0v) is 19.0. The van der Waals surface area contributed by atoms with Gasteiger partial charge in [-0.2, -0.15) is 0 Å². The van der Waals surface area contributed by atoms with E-state index in [0.717, 1.165) is 44.7 Å². The van der Waals surface area contributed by atoms with Crippen molar-refractivity contribution in [3.05, 3.63) is 59.9 Å². The molecule has 1 amide bonds. The molecule has 0 unspecified atom stereocenters. The molecule has 1 aliphatic rings. The number of amides is 1. The summed E-state index contributed by atoms with van der Waals surface area (Å²) in [5.74, 6) is -0.0610. The van der Waals surface area contributed by atoms with E-state index in [0.29, 0.717) is 13.0 Å². The fourth-order valence-corrected chi connectivity index (χ4v) is 4.20. The Morgan fingerprint density at radius 2 is 1.74 bits per heavy atom. The molecule has 1 fully saturated rings. The first-order valence-electron chi connectivity index (χ1n) is 11.4. The zero-order valence-electron chi connectivity index (χ0n) is 19.0. The second-order valence-corrected chi connectivity index (χ2v) is 8.57. The van der Waals surface area contributed by atoms with Gasteiger partial charge in [0.25, 0.3) is 0 Å². The Balaban J connectivity index is 1.68. The maximum Gasteiger partial charge on any atom is 0.220 e. The maximum atomic E-state index is 13.3. The fourth-order valence-electron chi connectivity index (χ4n) is 4.20. The highest BCUT2D eigenvalue weighted by Crippen LogP contribution is 2.18. The van der Waals surface area contributed by atoms with Gasteiger partial charge >= 0.3 is 0 Å². The van der Waals surface area contributed by atoms with Gasteiger partial charge in [0.15, 0.2) is 0 Å². The molecule has 0 aromatic heterocycles. The lowest BCUT2D eigenvalue weighted by molar-refractivity contribution is -0.931. The predicted molar refractivity (Wildman–Crippen MR) is 125 cm³/mol. The minimum Gasteiger partial charge on any atom is -0.378 e. The molecule has 2 N–H and O–H groups in total. The van der Waals surface area contributed by atoms with Crippen LogP contribution in [-0.4, -0.2) is 52.7 Å². The fraction of sp³-hybridized carbons (Fsp3) is 0.480. The summed E-state index contributed by atoms with van der Waals surface area (Å²) in [4.78, 5) is 18.2. The Bertz CT molecular complexity index is 814. The number of anilines is 2. The quantitative estimate of drug-likeness (QED) is 0.646. The zero-order chi connectivity index (χ0) is 22.2. The molecule has 31 heavy (non-hydrogen) atoms. The van der Waals surface area contributed by atoms with Gasteiger partial charge in [0.1, 0.15) is 11.9 Å². The second-order valence-electron chi connectivity index (χ2n) is 8.57. The molecule has 5 nitrogen and oxygen atoms in total. The normalized spacial score (nSPS) is 15.5. The van der Waals surface area contributed by atoms with Crippen LogP contribution in [0, 0.1) is 5.82 Å². The van der Waals surface area contributed by atoms with Crippen molar-refractivity contribution in [1.82, 2.24) is 5.32 Å². The number of unbranched alkanes of at least 4 members (excludes halogenated alkanes) is 1. The SMILES string of the molecule is CCCCC(=O)NC[C@@H](c1ccc(N(C)C)cc1)[NH+]1CCN(c2ccc(F)cc2)CC1. The van der Waals surface area contributed by atoms with Gasteiger partial charge in [-0.25, -0.2) is 4.39 Å². The van der Waals surface area contributed by atoms with Crippen molar-refractivity contribution in [2.24, 2.45) is 0 Å².